The van der Waals surface area contributed by atoms with Crippen molar-refractivity contribution >= 4 is 0 Å². The topological polar surface area (TPSA) is 0 Å². The van der Waals surface area contributed by atoms with Gasteiger partial charge in [-0.1, -0.05) is 71.6 Å². The summed E-state index contributed by atoms with van der Waals surface area (Å²) in [4.78, 5) is 0. The molecule has 0 nitrogen and oxygen atoms in total. The van der Waals surface area contributed by atoms with Crippen LogP contribution in [0.1, 0.15) is 129 Å². The molecule has 0 atom stereocenters. The van der Waals surface area contributed by atoms with Gasteiger partial charge in [0.25, 0.3) is 0 Å². The van der Waals surface area contributed by atoms with E-state index in [9.17, 15) is 0 Å². The molecule has 4 aliphatic carbocycles. The van der Waals surface area contributed by atoms with Crippen molar-refractivity contribution in [3.63, 3.8) is 0 Å². The Morgan fingerprint density at radius 2 is 1.29 bits per heavy atom. The summed E-state index contributed by atoms with van der Waals surface area (Å²) in [5.41, 5.74) is 1.61. The SMILES string of the molecule is CCCCCCCC12CCC(C3CCC(CCC)CC3)(CC1)CC2. The maximum absolute atomic E-state index is 2.37. The lowest BCUT2D eigenvalue weighted by Gasteiger charge is -2.58. The number of rotatable bonds is 9. The van der Waals surface area contributed by atoms with Crippen LogP contribution in [0.15, 0.2) is 0 Å². The molecule has 4 fully saturated rings. The van der Waals surface area contributed by atoms with E-state index >= 15 is 0 Å². The monoisotopic (exact) mass is 332 g/mol. The van der Waals surface area contributed by atoms with E-state index in [1.54, 1.807) is 70.6 Å². The number of hydrogen-bond acceptors (Lipinski definition) is 0. The van der Waals surface area contributed by atoms with E-state index in [-0.39, 0.29) is 0 Å². The number of unbranched alkanes of at least 4 members (excludes halogenated alkanes) is 4. The summed E-state index contributed by atoms with van der Waals surface area (Å²) in [6.45, 7) is 4.70. The van der Waals surface area contributed by atoms with E-state index in [1.807, 2.05) is 0 Å². The molecule has 0 unspecified atom stereocenters. The molecule has 0 aromatic rings. The first-order valence-corrected chi connectivity index (χ1v) is 11.7. The van der Waals surface area contributed by atoms with Crippen LogP contribution in [0.3, 0.4) is 0 Å². The highest BCUT2D eigenvalue weighted by Gasteiger charge is 2.51. The second-order valence-corrected chi connectivity index (χ2v) is 10.0. The van der Waals surface area contributed by atoms with Crippen molar-refractivity contribution in [2.75, 3.05) is 0 Å². The van der Waals surface area contributed by atoms with Crippen molar-refractivity contribution in [1.29, 1.82) is 0 Å². The predicted molar refractivity (Wildman–Crippen MR) is 106 cm³/mol. The van der Waals surface area contributed by atoms with Gasteiger partial charge in [-0.2, -0.15) is 0 Å². The van der Waals surface area contributed by atoms with Crippen molar-refractivity contribution in [3.05, 3.63) is 0 Å². The van der Waals surface area contributed by atoms with Gasteiger partial charge in [0.1, 0.15) is 0 Å². The van der Waals surface area contributed by atoms with Gasteiger partial charge in [-0.05, 0) is 80.5 Å². The Balaban J connectivity index is 1.44. The summed E-state index contributed by atoms with van der Waals surface area (Å²) < 4.78 is 0. The molecular formula is C24H44. The molecule has 0 heteroatoms. The van der Waals surface area contributed by atoms with Crippen LogP contribution in [0.5, 0.6) is 0 Å². The third-order valence-corrected chi connectivity index (χ3v) is 8.68. The summed E-state index contributed by atoms with van der Waals surface area (Å²) in [5, 5.41) is 0. The fourth-order valence-electron chi connectivity index (χ4n) is 6.86. The van der Waals surface area contributed by atoms with E-state index in [0.29, 0.717) is 0 Å². The Morgan fingerprint density at radius 1 is 0.667 bits per heavy atom. The van der Waals surface area contributed by atoms with Crippen LogP contribution in [0.4, 0.5) is 0 Å². The molecule has 2 bridgehead atoms. The van der Waals surface area contributed by atoms with Crippen LogP contribution in [0.2, 0.25) is 0 Å². The average Bonchev–Trinajstić information content (AvgIpc) is 2.64. The second kappa shape index (κ2) is 8.59. The highest BCUT2D eigenvalue weighted by molar-refractivity contribution is 5.02. The fourth-order valence-corrected chi connectivity index (χ4v) is 6.86. The van der Waals surface area contributed by atoms with Gasteiger partial charge >= 0.3 is 0 Å². The van der Waals surface area contributed by atoms with Crippen LogP contribution in [-0.4, -0.2) is 0 Å². The van der Waals surface area contributed by atoms with Gasteiger partial charge in [0.2, 0.25) is 0 Å². The third-order valence-electron chi connectivity index (χ3n) is 8.68. The van der Waals surface area contributed by atoms with Gasteiger partial charge in [-0.25, -0.2) is 0 Å². The van der Waals surface area contributed by atoms with Crippen molar-refractivity contribution < 1.29 is 0 Å². The van der Waals surface area contributed by atoms with E-state index in [1.165, 1.54) is 44.9 Å². The van der Waals surface area contributed by atoms with Crippen molar-refractivity contribution in [2.24, 2.45) is 22.7 Å². The Hall–Kier alpha value is 0. The molecule has 4 saturated carbocycles. The minimum atomic E-state index is 0.799. The van der Waals surface area contributed by atoms with E-state index in [0.717, 1.165) is 22.7 Å². The first kappa shape index (κ1) is 18.8. The van der Waals surface area contributed by atoms with Gasteiger partial charge in [0, 0.05) is 0 Å². The number of hydrogen-bond donors (Lipinski definition) is 0. The summed E-state index contributed by atoms with van der Waals surface area (Å²) in [5.74, 6) is 2.19. The largest absolute Gasteiger partial charge is 0.0654 e. The Labute approximate surface area is 152 Å². The fraction of sp³-hybridized carbons (Fsp3) is 1.00. The zero-order valence-corrected chi connectivity index (χ0v) is 16.9. The van der Waals surface area contributed by atoms with Crippen LogP contribution >= 0.6 is 0 Å². The zero-order chi connectivity index (χ0) is 16.9. The molecule has 0 aromatic carbocycles. The Kier molecular flexibility index (Phi) is 6.72. The second-order valence-electron chi connectivity index (χ2n) is 10.0. The van der Waals surface area contributed by atoms with Crippen LogP contribution in [-0.2, 0) is 0 Å². The molecule has 0 spiro atoms. The molecule has 4 aliphatic rings. The smallest absolute Gasteiger partial charge is 0.0269 e. The van der Waals surface area contributed by atoms with Gasteiger partial charge in [-0.15, -0.1) is 0 Å². The van der Waals surface area contributed by atoms with Crippen LogP contribution in [0, 0.1) is 22.7 Å². The normalized spacial score (nSPS) is 39.2. The van der Waals surface area contributed by atoms with E-state index < -0.39 is 0 Å². The quantitative estimate of drug-likeness (QED) is 0.372. The highest BCUT2D eigenvalue weighted by atomic mass is 14.6. The molecule has 0 heterocycles. The number of fused-ring (bicyclic) bond motifs is 3. The molecule has 0 aliphatic heterocycles. The lowest BCUT2D eigenvalue weighted by molar-refractivity contribution is -0.0654. The zero-order valence-electron chi connectivity index (χ0n) is 16.9. The Bertz CT molecular complexity index is 336. The first-order valence-electron chi connectivity index (χ1n) is 11.7. The molecule has 0 saturated heterocycles. The Morgan fingerprint density at radius 3 is 1.88 bits per heavy atom. The van der Waals surface area contributed by atoms with Gasteiger partial charge < -0.3 is 0 Å². The van der Waals surface area contributed by atoms with Crippen LogP contribution in [0.25, 0.3) is 0 Å². The summed E-state index contributed by atoms with van der Waals surface area (Å²) >= 11 is 0. The minimum Gasteiger partial charge on any atom is -0.0654 e. The summed E-state index contributed by atoms with van der Waals surface area (Å²) in [7, 11) is 0. The van der Waals surface area contributed by atoms with E-state index in [4.69, 9.17) is 0 Å². The van der Waals surface area contributed by atoms with Crippen molar-refractivity contribution in [1.82, 2.24) is 0 Å². The lowest BCUT2D eigenvalue weighted by atomic mass is 9.47. The third kappa shape index (κ3) is 4.21. The van der Waals surface area contributed by atoms with E-state index in [2.05, 4.69) is 13.8 Å². The average molecular weight is 333 g/mol. The van der Waals surface area contributed by atoms with Gasteiger partial charge in [-0.3, -0.25) is 0 Å². The molecule has 0 amide bonds. The molecule has 0 radical (unpaired) electrons. The van der Waals surface area contributed by atoms with Crippen molar-refractivity contribution in [2.45, 2.75) is 129 Å². The first-order chi connectivity index (χ1) is 11.7. The van der Waals surface area contributed by atoms with Crippen LogP contribution < -0.4 is 0 Å². The highest BCUT2D eigenvalue weighted by Crippen LogP contribution is 2.63. The summed E-state index contributed by atoms with van der Waals surface area (Å²) in [6, 6.07) is 0. The van der Waals surface area contributed by atoms with Gasteiger partial charge in [0.15, 0.2) is 0 Å². The standard InChI is InChI=1S/C24H44/c1-3-5-6-7-8-14-23-15-18-24(19-16-23,20-17-23)22-12-10-21(9-4-2)11-13-22/h21-22H,3-20H2,1-2H3. The summed E-state index contributed by atoms with van der Waals surface area (Å²) in [6.07, 6.45) is 27.7. The predicted octanol–water partition coefficient (Wildman–Crippen LogP) is 8.29. The van der Waals surface area contributed by atoms with Crippen molar-refractivity contribution in [3.8, 4) is 0 Å². The maximum Gasteiger partial charge on any atom is -0.0269 e. The maximum atomic E-state index is 2.37. The molecule has 0 aromatic heterocycles. The van der Waals surface area contributed by atoms with Gasteiger partial charge in [0.05, 0.1) is 0 Å². The lowest BCUT2D eigenvalue weighted by Crippen LogP contribution is -2.46. The molecule has 4 rings (SSSR count). The molecule has 0 N–H and O–H groups in total. The molecule has 24 heavy (non-hydrogen) atoms. The minimum absolute atomic E-state index is 0.799. The molecular weight excluding hydrogens is 288 g/mol. The molecule has 140 valence electrons.